The Kier molecular flexibility index (Phi) is 3.89. The first-order valence-electron chi connectivity index (χ1n) is 6.78. The molecule has 0 aliphatic carbocycles. The van der Waals surface area contributed by atoms with E-state index in [1.807, 2.05) is 0 Å². The van der Waals surface area contributed by atoms with Crippen molar-refractivity contribution in [3.05, 3.63) is 12.7 Å². The van der Waals surface area contributed by atoms with E-state index >= 15 is 0 Å². The summed E-state index contributed by atoms with van der Waals surface area (Å²) in [5, 5.41) is 37.8. The van der Waals surface area contributed by atoms with Gasteiger partial charge in [0, 0.05) is 0 Å². The SMILES string of the molecule is Nc1c2ncn([C@@H]3O[C@H](CO)[C@@H](O)[C@@H]3O)c2nc[n+]1BC(=O)O. The number of anilines is 1. The molecule has 1 fully saturated rings. The van der Waals surface area contributed by atoms with E-state index in [1.54, 1.807) is 0 Å². The first-order chi connectivity index (χ1) is 10.9. The fourth-order valence-electron chi connectivity index (χ4n) is 2.55. The molecule has 122 valence electrons. The number of hydrogen-bond donors (Lipinski definition) is 5. The summed E-state index contributed by atoms with van der Waals surface area (Å²) in [6, 6.07) is 0. The van der Waals surface area contributed by atoms with Crippen LogP contribution in [0.5, 0.6) is 0 Å². The van der Waals surface area contributed by atoms with E-state index in [4.69, 9.17) is 20.7 Å². The molecule has 0 bridgehead atoms. The number of carbonyl (C=O) groups is 1. The molecule has 4 atom stereocenters. The zero-order valence-electron chi connectivity index (χ0n) is 11.8. The number of aliphatic hydroxyl groups excluding tert-OH is 3. The molecule has 6 N–H and O–H groups in total. The van der Waals surface area contributed by atoms with Gasteiger partial charge in [0.1, 0.15) is 24.6 Å². The molecule has 3 heterocycles. The lowest BCUT2D eigenvalue weighted by molar-refractivity contribution is -0.513. The highest BCUT2D eigenvalue weighted by Crippen LogP contribution is 2.31. The molecular formula is C11H15BN5O6+. The van der Waals surface area contributed by atoms with E-state index < -0.39 is 37.0 Å². The standard InChI is InChI=1S/C11H14BN5O6/c13-8-5-9(15-3-17(8)12-11(21)22)16(2-14-5)10-7(20)6(19)4(1-18)23-10/h2-4,6-7,10,12-13,18-20H,1H2,(H,21,22)/p+1/t4-,6-,7+,10-/m1/s1. The first kappa shape index (κ1) is 15.6. The molecule has 1 saturated heterocycles. The zero-order chi connectivity index (χ0) is 16.7. The molecule has 3 rings (SSSR count). The van der Waals surface area contributed by atoms with Crippen molar-refractivity contribution in [1.29, 1.82) is 0 Å². The number of hydrogen-bond acceptors (Lipinski definition) is 8. The number of nitrogen functional groups attached to an aromatic ring is 1. The number of carboxylic acid groups (broad SMARTS) is 1. The molecule has 1 aliphatic heterocycles. The Morgan fingerprint density at radius 3 is 2.78 bits per heavy atom. The van der Waals surface area contributed by atoms with Crippen LogP contribution in [0.3, 0.4) is 0 Å². The molecule has 0 spiro atoms. The van der Waals surface area contributed by atoms with Crippen molar-refractivity contribution >= 4 is 30.3 Å². The van der Waals surface area contributed by atoms with Crippen molar-refractivity contribution in [3.8, 4) is 0 Å². The van der Waals surface area contributed by atoms with Crippen LogP contribution in [0.2, 0.25) is 0 Å². The van der Waals surface area contributed by atoms with E-state index in [2.05, 4.69) is 9.97 Å². The topological polar surface area (TPSA) is 168 Å². The van der Waals surface area contributed by atoms with Crippen molar-refractivity contribution in [2.75, 3.05) is 12.3 Å². The van der Waals surface area contributed by atoms with Crippen LogP contribution in [0, 0.1) is 0 Å². The largest absolute Gasteiger partial charge is 0.486 e. The summed E-state index contributed by atoms with van der Waals surface area (Å²) in [6.07, 6.45) is -1.88. The van der Waals surface area contributed by atoms with Crippen LogP contribution in [0.15, 0.2) is 12.7 Å². The van der Waals surface area contributed by atoms with Crippen LogP contribution >= 0.6 is 0 Å². The van der Waals surface area contributed by atoms with Gasteiger partial charge in [-0.1, -0.05) is 4.98 Å². The molecule has 11 nitrogen and oxygen atoms in total. The molecule has 23 heavy (non-hydrogen) atoms. The molecule has 2 aromatic heterocycles. The average molecular weight is 324 g/mol. The Labute approximate surface area is 129 Å². The number of aromatic nitrogens is 4. The summed E-state index contributed by atoms with van der Waals surface area (Å²) < 4.78 is 8.01. The molecule has 0 amide bonds. The number of nitrogens with zero attached hydrogens (tertiary/aromatic N) is 4. The summed E-state index contributed by atoms with van der Waals surface area (Å²) >= 11 is 0. The van der Waals surface area contributed by atoms with Gasteiger partial charge < -0.3 is 30.9 Å². The van der Waals surface area contributed by atoms with Crippen LogP contribution in [0.25, 0.3) is 11.2 Å². The summed E-state index contributed by atoms with van der Waals surface area (Å²) in [6.45, 7) is -0.449. The third-order valence-electron chi connectivity index (χ3n) is 3.74. The van der Waals surface area contributed by atoms with Gasteiger partial charge in [0.25, 0.3) is 5.87 Å². The van der Waals surface area contributed by atoms with E-state index in [0.717, 1.165) is 0 Å². The Morgan fingerprint density at radius 2 is 2.17 bits per heavy atom. The first-order valence-corrected chi connectivity index (χ1v) is 6.78. The lowest BCUT2D eigenvalue weighted by atomic mass is 9.95. The van der Waals surface area contributed by atoms with E-state index in [1.165, 1.54) is 21.7 Å². The average Bonchev–Trinajstić information content (AvgIpc) is 3.05. The maximum absolute atomic E-state index is 10.8. The minimum atomic E-state index is -1.28. The number of aliphatic hydroxyl groups is 3. The van der Waals surface area contributed by atoms with E-state index in [-0.39, 0.29) is 24.4 Å². The van der Waals surface area contributed by atoms with Gasteiger partial charge in [-0.25, -0.2) is 4.98 Å². The predicted octanol–water partition coefficient (Wildman–Crippen LogP) is -3.21. The van der Waals surface area contributed by atoms with Gasteiger partial charge in [0.15, 0.2) is 11.7 Å². The third kappa shape index (κ3) is 2.51. The van der Waals surface area contributed by atoms with E-state index in [0.29, 0.717) is 0 Å². The number of rotatable bonds is 4. The van der Waals surface area contributed by atoms with Crippen LogP contribution in [0.4, 0.5) is 10.6 Å². The Balaban J connectivity index is 2.01. The quantitative estimate of drug-likeness (QED) is 0.363. The summed E-state index contributed by atoms with van der Waals surface area (Å²) in [5.74, 6) is -0.978. The molecule has 0 radical (unpaired) electrons. The Morgan fingerprint density at radius 1 is 1.43 bits per heavy atom. The lowest BCUT2D eigenvalue weighted by Gasteiger charge is -2.15. The van der Waals surface area contributed by atoms with Crippen LogP contribution in [-0.2, 0) is 4.74 Å². The zero-order valence-corrected chi connectivity index (χ0v) is 11.8. The Bertz CT molecular complexity index is 754. The van der Waals surface area contributed by atoms with Crippen LogP contribution in [-0.4, -0.2) is 73.2 Å². The highest BCUT2D eigenvalue weighted by atomic mass is 16.6. The molecule has 0 unspecified atom stereocenters. The van der Waals surface area contributed by atoms with Gasteiger partial charge in [-0.05, 0) is 0 Å². The van der Waals surface area contributed by atoms with E-state index in [9.17, 15) is 15.0 Å². The summed E-state index contributed by atoms with van der Waals surface area (Å²) in [4.78, 5) is 18.9. The Hall–Kier alpha value is -2.28. The molecule has 2 aromatic rings. The molecule has 12 heteroatoms. The van der Waals surface area contributed by atoms with Crippen molar-refractivity contribution in [2.45, 2.75) is 24.5 Å². The third-order valence-corrected chi connectivity index (χ3v) is 3.74. The molecular weight excluding hydrogens is 309 g/mol. The second-order valence-corrected chi connectivity index (χ2v) is 5.20. The predicted molar refractivity (Wildman–Crippen MR) is 75.7 cm³/mol. The van der Waals surface area contributed by atoms with Gasteiger partial charge in [0.05, 0.1) is 6.61 Å². The maximum Gasteiger partial charge on any atom is 0.452 e. The van der Waals surface area contributed by atoms with Gasteiger partial charge in [-0.15, -0.1) is 0 Å². The van der Waals surface area contributed by atoms with Gasteiger partial charge in [0.2, 0.25) is 17.8 Å². The number of ether oxygens (including phenoxy) is 1. The van der Waals surface area contributed by atoms with Crippen molar-refractivity contribution in [3.63, 3.8) is 0 Å². The van der Waals surface area contributed by atoms with Crippen molar-refractivity contribution in [2.24, 2.45) is 0 Å². The summed E-state index contributed by atoms with van der Waals surface area (Å²) in [7, 11) is -0.366. The normalized spacial score (nSPS) is 27.4. The highest BCUT2D eigenvalue weighted by Gasteiger charge is 2.44. The van der Waals surface area contributed by atoms with Crippen molar-refractivity contribution < 1.29 is 34.4 Å². The van der Waals surface area contributed by atoms with Crippen LogP contribution in [0.1, 0.15) is 6.23 Å². The minimum Gasteiger partial charge on any atom is -0.486 e. The minimum absolute atomic E-state index is 0.0999. The second-order valence-electron chi connectivity index (χ2n) is 5.20. The molecule has 0 saturated carbocycles. The second kappa shape index (κ2) is 5.74. The fraction of sp³-hybridized carbons (Fsp3) is 0.455. The van der Waals surface area contributed by atoms with Crippen molar-refractivity contribution in [1.82, 2.24) is 14.5 Å². The van der Waals surface area contributed by atoms with Gasteiger partial charge >= 0.3 is 7.41 Å². The molecule has 0 aromatic carbocycles. The highest BCUT2D eigenvalue weighted by molar-refractivity contribution is 6.64. The molecule has 1 aliphatic rings. The lowest BCUT2D eigenvalue weighted by Crippen LogP contribution is -2.47. The number of imidazole rings is 1. The van der Waals surface area contributed by atoms with Gasteiger partial charge in [-0.2, -0.15) is 0 Å². The fourth-order valence-corrected chi connectivity index (χ4v) is 2.55. The summed E-state index contributed by atoms with van der Waals surface area (Å²) in [5.41, 5.74) is 6.39. The monoisotopic (exact) mass is 324 g/mol. The van der Waals surface area contributed by atoms with Crippen LogP contribution < -0.4 is 10.2 Å². The maximum atomic E-state index is 10.8. The van der Waals surface area contributed by atoms with Gasteiger partial charge in [-0.3, -0.25) is 13.8 Å². The number of nitrogens with two attached hydrogens (primary N) is 1. The number of fused-ring (bicyclic) bond motifs is 1. The smallest absolute Gasteiger partial charge is 0.452 e.